The summed E-state index contributed by atoms with van der Waals surface area (Å²) in [6.07, 6.45) is 1.37. The normalized spacial score (nSPS) is 10.0. The first-order chi connectivity index (χ1) is 10.0. The van der Waals surface area contributed by atoms with Gasteiger partial charge in [-0.05, 0) is 24.3 Å². The molecule has 1 aromatic heterocycles. The number of nitrogens with two attached hydrogens (primary N) is 1. The Hall–Kier alpha value is -2.60. The molecule has 0 fully saturated rings. The van der Waals surface area contributed by atoms with E-state index in [1.807, 2.05) is 0 Å². The van der Waals surface area contributed by atoms with E-state index in [2.05, 4.69) is 15.6 Å². The van der Waals surface area contributed by atoms with Crippen molar-refractivity contribution in [2.24, 2.45) is 0 Å². The van der Waals surface area contributed by atoms with Crippen molar-refractivity contribution in [1.29, 1.82) is 0 Å². The van der Waals surface area contributed by atoms with Gasteiger partial charge in [-0.3, -0.25) is 9.59 Å². The lowest BCUT2D eigenvalue weighted by Crippen LogP contribution is -2.18. The van der Waals surface area contributed by atoms with E-state index in [-0.39, 0.29) is 16.6 Å². The zero-order chi connectivity index (χ0) is 15.4. The maximum Gasteiger partial charge on any atom is 0.258 e. The SMILES string of the molecule is CNC(=O)c1cccc(NC(=O)c2cc(N)cnc2Cl)c1. The molecule has 2 aromatic rings. The third-order valence-electron chi connectivity index (χ3n) is 2.71. The first kappa shape index (κ1) is 14.8. The Morgan fingerprint density at radius 3 is 2.71 bits per heavy atom. The third kappa shape index (κ3) is 3.49. The molecule has 1 aromatic carbocycles. The summed E-state index contributed by atoms with van der Waals surface area (Å²) in [6, 6.07) is 7.97. The molecule has 0 unspecified atom stereocenters. The average molecular weight is 305 g/mol. The minimum atomic E-state index is -0.450. The lowest BCUT2D eigenvalue weighted by Gasteiger charge is -2.08. The van der Waals surface area contributed by atoms with Gasteiger partial charge in [0.1, 0.15) is 5.15 Å². The number of pyridine rings is 1. The van der Waals surface area contributed by atoms with Gasteiger partial charge in [0.15, 0.2) is 0 Å². The van der Waals surface area contributed by atoms with Gasteiger partial charge in [-0.2, -0.15) is 0 Å². The van der Waals surface area contributed by atoms with E-state index in [0.717, 1.165) is 0 Å². The van der Waals surface area contributed by atoms with Gasteiger partial charge in [0.25, 0.3) is 11.8 Å². The highest BCUT2D eigenvalue weighted by atomic mass is 35.5. The standard InChI is InChI=1S/C14H13ClN4O2/c1-17-13(20)8-3-2-4-10(5-8)19-14(21)11-6-9(16)7-18-12(11)15/h2-7H,16H2,1H3,(H,17,20)(H,19,21). The number of aromatic nitrogens is 1. The quantitative estimate of drug-likeness (QED) is 0.755. The Labute approximate surface area is 126 Å². The Bertz CT molecular complexity index is 703. The van der Waals surface area contributed by atoms with E-state index in [1.165, 1.54) is 19.3 Å². The van der Waals surface area contributed by atoms with Crippen molar-refractivity contribution >= 4 is 34.8 Å². The van der Waals surface area contributed by atoms with Gasteiger partial charge in [0.05, 0.1) is 17.4 Å². The molecule has 0 bridgehead atoms. The number of hydrogen-bond acceptors (Lipinski definition) is 4. The summed E-state index contributed by atoms with van der Waals surface area (Å²) in [7, 11) is 1.53. The number of rotatable bonds is 3. The fourth-order valence-electron chi connectivity index (χ4n) is 1.70. The predicted molar refractivity (Wildman–Crippen MR) is 81.4 cm³/mol. The zero-order valence-electron chi connectivity index (χ0n) is 11.2. The minimum Gasteiger partial charge on any atom is -0.397 e. The third-order valence-corrected chi connectivity index (χ3v) is 3.02. The summed E-state index contributed by atoms with van der Waals surface area (Å²) < 4.78 is 0. The van der Waals surface area contributed by atoms with E-state index in [9.17, 15) is 9.59 Å². The first-order valence-corrected chi connectivity index (χ1v) is 6.43. The molecular formula is C14H13ClN4O2. The van der Waals surface area contributed by atoms with Crippen molar-refractivity contribution in [3.63, 3.8) is 0 Å². The molecule has 1 heterocycles. The smallest absolute Gasteiger partial charge is 0.258 e. The summed E-state index contributed by atoms with van der Waals surface area (Å²) in [5, 5.41) is 5.22. The lowest BCUT2D eigenvalue weighted by atomic mass is 10.1. The average Bonchev–Trinajstić information content (AvgIpc) is 2.49. The number of carbonyl (C=O) groups is 2. The Balaban J connectivity index is 2.23. The molecule has 0 atom stereocenters. The zero-order valence-corrected chi connectivity index (χ0v) is 11.9. The van der Waals surface area contributed by atoms with Crippen LogP contribution in [0.1, 0.15) is 20.7 Å². The predicted octanol–water partition coefficient (Wildman–Crippen LogP) is 1.93. The van der Waals surface area contributed by atoms with Crippen LogP contribution in [0.5, 0.6) is 0 Å². The molecular weight excluding hydrogens is 292 g/mol. The van der Waals surface area contributed by atoms with Gasteiger partial charge < -0.3 is 16.4 Å². The summed E-state index contributed by atoms with van der Waals surface area (Å²) >= 11 is 5.87. The van der Waals surface area contributed by atoms with Crippen molar-refractivity contribution in [2.45, 2.75) is 0 Å². The van der Waals surface area contributed by atoms with Crippen LogP contribution in [0.25, 0.3) is 0 Å². The molecule has 21 heavy (non-hydrogen) atoms. The second-order valence-corrected chi connectivity index (χ2v) is 4.58. The Morgan fingerprint density at radius 1 is 1.24 bits per heavy atom. The van der Waals surface area contributed by atoms with Crippen LogP contribution in [0.2, 0.25) is 5.15 Å². The van der Waals surface area contributed by atoms with Crippen LogP contribution in [0.15, 0.2) is 36.5 Å². The van der Waals surface area contributed by atoms with Gasteiger partial charge >= 0.3 is 0 Å². The Kier molecular flexibility index (Phi) is 4.39. The lowest BCUT2D eigenvalue weighted by molar-refractivity contribution is 0.0961. The van der Waals surface area contributed by atoms with Crippen molar-refractivity contribution in [1.82, 2.24) is 10.3 Å². The summed E-state index contributed by atoms with van der Waals surface area (Å²) in [5.74, 6) is -0.691. The van der Waals surface area contributed by atoms with Crippen LogP contribution in [0.3, 0.4) is 0 Å². The van der Waals surface area contributed by atoms with Crippen molar-refractivity contribution < 1.29 is 9.59 Å². The molecule has 2 amide bonds. The van der Waals surface area contributed by atoms with E-state index >= 15 is 0 Å². The molecule has 4 N–H and O–H groups in total. The van der Waals surface area contributed by atoms with Crippen LogP contribution in [0, 0.1) is 0 Å². The maximum absolute atomic E-state index is 12.1. The fourth-order valence-corrected chi connectivity index (χ4v) is 1.89. The van der Waals surface area contributed by atoms with E-state index < -0.39 is 5.91 Å². The van der Waals surface area contributed by atoms with Crippen LogP contribution < -0.4 is 16.4 Å². The second kappa shape index (κ2) is 6.23. The second-order valence-electron chi connectivity index (χ2n) is 4.22. The highest BCUT2D eigenvalue weighted by molar-refractivity contribution is 6.33. The van der Waals surface area contributed by atoms with E-state index in [1.54, 1.807) is 24.3 Å². The highest BCUT2D eigenvalue weighted by Crippen LogP contribution is 2.18. The number of nitrogens with one attached hydrogen (secondary N) is 2. The monoisotopic (exact) mass is 304 g/mol. The first-order valence-electron chi connectivity index (χ1n) is 6.06. The Morgan fingerprint density at radius 2 is 2.00 bits per heavy atom. The highest BCUT2D eigenvalue weighted by Gasteiger charge is 2.13. The van der Waals surface area contributed by atoms with Crippen LogP contribution in [0.4, 0.5) is 11.4 Å². The number of hydrogen-bond donors (Lipinski definition) is 3. The molecule has 0 saturated carbocycles. The van der Waals surface area contributed by atoms with Crippen molar-refractivity contribution in [3.05, 3.63) is 52.8 Å². The fraction of sp³-hybridized carbons (Fsp3) is 0.0714. The van der Waals surface area contributed by atoms with Gasteiger partial charge in [0, 0.05) is 18.3 Å². The molecule has 0 aliphatic carbocycles. The number of anilines is 2. The van der Waals surface area contributed by atoms with Gasteiger partial charge in [0.2, 0.25) is 0 Å². The molecule has 2 rings (SSSR count). The van der Waals surface area contributed by atoms with Crippen LogP contribution >= 0.6 is 11.6 Å². The number of amides is 2. The van der Waals surface area contributed by atoms with Crippen molar-refractivity contribution in [3.8, 4) is 0 Å². The summed E-state index contributed by atoms with van der Waals surface area (Å²) in [4.78, 5) is 27.5. The largest absolute Gasteiger partial charge is 0.397 e. The number of halogens is 1. The number of benzene rings is 1. The summed E-state index contributed by atoms with van der Waals surface area (Å²) in [5.41, 5.74) is 7.00. The molecule has 0 saturated heterocycles. The minimum absolute atomic E-state index is 0.0594. The molecule has 108 valence electrons. The van der Waals surface area contributed by atoms with E-state index in [4.69, 9.17) is 17.3 Å². The molecule has 0 spiro atoms. The molecule has 6 nitrogen and oxygen atoms in total. The molecule has 0 radical (unpaired) electrons. The van der Waals surface area contributed by atoms with Gasteiger partial charge in [-0.15, -0.1) is 0 Å². The van der Waals surface area contributed by atoms with Crippen LogP contribution in [-0.2, 0) is 0 Å². The maximum atomic E-state index is 12.1. The summed E-state index contributed by atoms with van der Waals surface area (Å²) in [6.45, 7) is 0. The molecule has 0 aliphatic rings. The molecule has 7 heteroatoms. The number of carbonyl (C=O) groups excluding carboxylic acids is 2. The van der Waals surface area contributed by atoms with E-state index in [0.29, 0.717) is 16.9 Å². The van der Waals surface area contributed by atoms with Crippen LogP contribution in [-0.4, -0.2) is 23.8 Å². The molecule has 0 aliphatic heterocycles. The number of nitrogen functional groups attached to an aromatic ring is 1. The van der Waals surface area contributed by atoms with Gasteiger partial charge in [-0.25, -0.2) is 4.98 Å². The topological polar surface area (TPSA) is 97.1 Å². The number of nitrogens with zero attached hydrogens (tertiary/aromatic N) is 1. The van der Waals surface area contributed by atoms with Gasteiger partial charge in [-0.1, -0.05) is 17.7 Å². The van der Waals surface area contributed by atoms with Crippen molar-refractivity contribution in [2.75, 3.05) is 18.1 Å².